The van der Waals surface area contributed by atoms with Gasteiger partial charge in [0.2, 0.25) is 0 Å². The third-order valence-corrected chi connectivity index (χ3v) is 6.29. The van der Waals surface area contributed by atoms with Crippen LogP contribution in [-0.2, 0) is 6.54 Å². The van der Waals surface area contributed by atoms with Gasteiger partial charge in [0.15, 0.2) is 5.78 Å². The topological polar surface area (TPSA) is 47.6 Å². The predicted octanol–water partition coefficient (Wildman–Crippen LogP) is 3.38. The Morgan fingerprint density at radius 2 is 1.87 bits per heavy atom. The molecule has 0 spiro atoms. The summed E-state index contributed by atoms with van der Waals surface area (Å²) in [6.07, 6.45) is 1.90. The van der Waals surface area contributed by atoms with Crippen molar-refractivity contribution in [3.05, 3.63) is 65.5 Å². The van der Waals surface area contributed by atoms with Crippen molar-refractivity contribution < 1.29 is 9.18 Å². The highest BCUT2D eigenvalue weighted by atomic mass is 19.1. The van der Waals surface area contributed by atoms with Crippen LogP contribution in [-0.4, -0.2) is 66.9 Å². The Morgan fingerprint density at radius 1 is 1.10 bits per heavy atom. The molecule has 2 heterocycles. The Hall–Kier alpha value is -2.28. The minimum Gasteiger partial charge on any atom is -0.382 e. The molecule has 0 unspecified atom stereocenters. The summed E-state index contributed by atoms with van der Waals surface area (Å²) in [7, 11) is 0. The molecular formula is C25H33FN4O. The van der Waals surface area contributed by atoms with Crippen LogP contribution in [0, 0.1) is 5.82 Å². The first kappa shape index (κ1) is 21.9. The minimum absolute atomic E-state index is 0.180. The SMILES string of the molecule is C[C@H]1CN(Cc2ccc(C(=O)CN3CCC(Nc4cccc(F)c4)CC3)cc2)CCN1. The molecule has 2 fully saturated rings. The summed E-state index contributed by atoms with van der Waals surface area (Å²) in [6, 6.07) is 15.6. The molecule has 2 aromatic rings. The van der Waals surface area contributed by atoms with E-state index in [9.17, 15) is 9.18 Å². The van der Waals surface area contributed by atoms with Crippen LogP contribution in [0.5, 0.6) is 0 Å². The van der Waals surface area contributed by atoms with Crippen molar-refractivity contribution in [2.24, 2.45) is 0 Å². The zero-order valence-electron chi connectivity index (χ0n) is 18.3. The monoisotopic (exact) mass is 424 g/mol. The molecule has 166 valence electrons. The van der Waals surface area contributed by atoms with Crippen molar-refractivity contribution in [1.29, 1.82) is 0 Å². The molecular weight excluding hydrogens is 391 g/mol. The smallest absolute Gasteiger partial charge is 0.176 e. The highest BCUT2D eigenvalue weighted by Gasteiger charge is 2.21. The highest BCUT2D eigenvalue weighted by molar-refractivity contribution is 5.97. The van der Waals surface area contributed by atoms with Gasteiger partial charge in [0.05, 0.1) is 6.54 Å². The zero-order valence-corrected chi connectivity index (χ0v) is 18.3. The second kappa shape index (κ2) is 10.4. The first-order valence-electron chi connectivity index (χ1n) is 11.4. The highest BCUT2D eigenvalue weighted by Crippen LogP contribution is 2.18. The lowest BCUT2D eigenvalue weighted by Crippen LogP contribution is -2.48. The lowest BCUT2D eigenvalue weighted by atomic mass is 10.0. The number of hydrogen-bond donors (Lipinski definition) is 2. The molecule has 2 N–H and O–H groups in total. The quantitative estimate of drug-likeness (QED) is 0.668. The van der Waals surface area contributed by atoms with Crippen LogP contribution in [0.4, 0.5) is 10.1 Å². The normalized spacial score (nSPS) is 21.2. The Morgan fingerprint density at radius 3 is 2.58 bits per heavy atom. The van der Waals surface area contributed by atoms with Gasteiger partial charge in [0, 0.05) is 62.6 Å². The summed E-state index contributed by atoms with van der Waals surface area (Å²) in [5.74, 6) is -0.0413. The number of rotatable bonds is 7. The lowest BCUT2D eigenvalue weighted by molar-refractivity contribution is 0.0912. The third kappa shape index (κ3) is 6.35. The van der Waals surface area contributed by atoms with Crippen LogP contribution in [0.25, 0.3) is 0 Å². The Balaban J connectivity index is 1.22. The molecule has 2 aromatic carbocycles. The fourth-order valence-electron chi connectivity index (χ4n) is 4.55. The Kier molecular flexibility index (Phi) is 7.33. The number of carbonyl (C=O) groups excluding carboxylic acids is 1. The van der Waals surface area contributed by atoms with Crippen LogP contribution in [0.3, 0.4) is 0 Å². The number of hydrogen-bond acceptors (Lipinski definition) is 5. The number of piperidine rings is 1. The van der Waals surface area contributed by atoms with E-state index < -0.39 is 0 Å². The van der Waals surface area contributed by atoms with Crippen LogP contribution in [0.1, 0.15) is 35.7 Å². The molecule has 5 nitrogen and oxygen atoms in total. The molecule has 0 radical (unpaired) electrons. The lowest BCUT2D eigenvalue weighted by Gasteiger charge is -2.32. The van der Waals surface area contributed by atoms with Crippen LogP contribution < -0.4 is 10.6 Å². The minimum atomic E-state index is -0.221. The number of piperazine rings is 1. The molecule has 0 amide bonds. The van der Waals surface area contributed by atoms with Crippen molar-refractivity contribution in [3.63, 3.8) is 0 Å². The van der Waals surface area contributed by atoms with Gasteiger partial charge in [-0.15, -0.1) is 0 Å². The number of carbonyl (C=O) groups is 1. The van der Waals surface area contributed by atoms with Gasteiger partial charge in [-0.2, -0.15) is 0 Å². The van der Waals surface area contributed by atoms with Gasteiger partial charge in [0.25, 0.3) is 0 Å². The number of halogens is 1. The summed E-state index contributed by atoms with van der Waals surface area (Å²) in [4.78, 5) is 17.4. The average molecular weight is 425 g/mol. The standard InChI is InChI=1S/C25H33FN4O/c1-19-16-30(14-11-27-19)17-20-5-7-21(8-6-20)25(31)18-29-12-9-23(10-13-29)28-24-4-2-3-22(26)15-24/h2-8,15,19,23,27-28H,9-14,16-18H2,1H3/t19-/m0/s1. The van der Waals surface area contributed by atoms with Crippen molar-refractivity contribution in [1.82, 2.24) is 15.1 Å². The van der Waals surface area contributed by atoms with Crippen molar-refractivity contribution in [2.45, 2.75) is 38.4 Å². The largest absolute Gasteiger partial charge is 0.382 e. The Bertz CT molecular complexity index is 864. The predicted molar refractivity (Wildman–Crippen MR) is 123 cm³/mol. The van der Waals surface area contributed by atoms with Crippen LogP contribution in [0.15, 0.2) is 48.5 Å². The van der Waals surface area contributed by atoms with E-state index >= 15 is 0 Å². The van der Waals surface area contributed by atoms with Crippen molar-refractivity contribution >= 4 is 11.5 Å². The summed E-state index contributed by atoms with van der Waals surface area (Å²) in [6.45, 7) is 8.52. The molecule has 31 heavy (non-hydrogen) atoms. The van der Waals surface area contributed by atoms with E-state index in [0.717, 1.165) is 63.4 Å². The van der Waals surface area contributed by atoms with Gasteiger partial charge in [-0.3, -0.25) is 14.6 Å². The second-order valence-electron chi connectivity index (χ2n) is 8.92. The summed E-state index contributed by atoms with van der Waals surface area (Å²) >= 11 is 0. The molecule has 6 heteroatoms. The summed E-state index contributed by atoms with van der Waals surface area (Å²) < 4.78 is 13.4. The summed E-state index contributed by atoms with van der Waals surface area (Å²) in [5, 5.41) is 6.88. The van der Waals surface area contributed by atoms with Crippen LogP contribution in [0.2, 0.25) is 0 Å². The number of nitrogens with one attached hydrogen (secondary N) is 2. The second-order valence-corrected chi connectivity index (χ2v) is 8.92. The molecule has 2 aliphatic heterocycles. The van der Waals surface area contributed by atoms with Gasteiger partial charge < -0.3 is 10.6 Å². The zero-order chi connectivity index (χ0) is 21.6. The first-order chi connectivity index (χ1) is 15.0. The number of nitrogens with zero attached hydrogens (tertiary/aromatic N) is 2. The molecule has 4 rings (SSSR count). The number of Topliss-reactive ketones (excluding diaryl/α,β-unsaturated/α-hetero) is 1. The van der Waals surface area contributed by atoms with Gasteiger partial charge >= 0.3 is 0 Å². The van der Waals surface area contributed by atoms with E-state index in [1.165, 1.54) is 17.7 Å². The van der Waals surface area contributed by atoms with E-state index in [1.807, 2.05) is 18.2 Å². The molecule has 0 aliphatic carbocycles. The number of likely N-dealkylation sites (tertiary alicyclic amines) is 1. The van der Waals surface area contributed by atoms with Crippen LogP contribution >= 0.6 is 0 Å². The average Bonchev–Trinajstić information content (AvgIpc) is 2.76. The van der Waals surface area contributed by atoms with Gasteiger partial charge in [-0.25, -0.2) is 4.39 Å². The Labute approximate surface area is 184 Å². The fourth-order valence-corrected chi connectivity index (χ4v) is 4.55. The molecule has 0 bridgehead atoms. The number of anilines is 1. The van der Waals surface area contributed by atoms with E-state index in [0.29, 0.717) is 18.6 Å². The first-order valence-corrected chi connectivity index (χ1v) is 11.4. The van der Waals surface area contributed by atoms with E-state index in [1.54, 1.807) is 6.07 Å². The third-order valence-electron chi connectivity index (χ3n) is 6.29. The van der Waals surface area contributed by atoms with Crippen molar-refractivity contribution in [2.75, 3.05) is 44.6 Å². The molecule has 2 aliphatic rings. The summed E-state index contributed by atoms with van der Waals surface area (Å²) in [5.41, 5.74) is 2.87. The fraction of sp³-hybridized carbons (Fsp3) is 0.480. The maximum Gasteiger partial charge on any atom is 0.176 e. The molecule has 0 saturated carbocycles. The maximum atomic E-state index is 13.4. The van der Waals surface area contributed by atoms with Gasteiger partial charge in [-0.05, 0) is 43.5 Å². The molecule has 1 atom stereocenters. The number of ketones is 1. The van der Waals surface area contributed by atoms with E-state index in [2.05, 4.69) is 39.5 Å². The van der Waals surface area contributed by atoms with Gasteiger partial charge in [-0.1, -0.05) is 30.3 Å². The van der Waals surface area contributed by atoms with E-state index in [4.69, 9.17) is 0 Å². The van der Waals surface area contributed by atoms with E-state index in [-0.39, 0.29) is 11.6 Å². The number of benzene rings is 2. The van der Waals surface area contributed by atoms with Crippen molar-refractivity contribution in [3.8, 4) is 0 Å². The maximum absolute atomic E-state index is 13.4. The van der Waals surface area contributed by atoms with Gasteiger partial charge in [0.1, 0.15) is 5.82 Å². The molecule has 0 aromatic heterocycles. The molecule has 2 saturated heterocycles.